The molecule has 1 amide bonds. The molecule has 1 aromatic carbocycles. The molecule has 80 valence electrons. The Morgan fingerprint density at radius 1 is 1.47 bits per heavy atom. The van der Waals surface area contributed by atoms with Gasteiger partial charge in [0.15, 0.2) is 11.9 Å². The summed E-state index contributed by atoms with van der Waals surface area (Å²) in [5, 5.41) is 0. The highest BCUT2D eigenvalue weighted by atomic mass is 16.5. The number of nitrogens with two attached hydrogens (primary N) is 1. The van der Waals surface area contributed by atoms with Crippen molar-refractivity contribution in [3.05, 3.63) is 17.7 Å². The van der Waals surface area contributed by atoms with Gasteiger partial charge in [0.25, 0.3) is 5.91 Å². The number of carbonyl (C=O) groups excluding carboxylic acids is 1. The quantitative estimate of drug-likeness (QED) is 0.651. The maximum Gasteiger partial charge on any atom is 0.267 e. The average Bonchev–Trinajstić information content (AvgIpc) is 2.17. The molecule has 0 fully saturated rings. The van der Waals surface area contributed by atoms with E-state index in [1.54, 1.807) is 18.9 Å². The first-order valence-corrected chi connectivity index (χ1v) is 4.85. The predicted molar refractivity (Wildman–Crippen MR) is 59.1 cm³/mol. The number of aryl methyl sites for hydroxylation is 1. The Hall–Kier alpha value is -1.71. The van der Waals surface area contributed by atoms with E-state index in [1.807, 2.05) is 19.1 Å². The summed E-state index contributed by atoms with van der Waals surface area (Å²) in [6, 6.07) is 3.74. The van der Waals surface area contributed by atoms with Crippen molar-refractivity contribution in [2.24, 2.45) is 0 Å². The summed E-state index contributed by atoms with van der Waals surface area (Å²) in [6.07, 6.45) is -0.465. The Bertz CT molecular complexity index is 429. The minimum absolute atomic E-state index is 0.0486. The smallest absolute Gasteiger partial charge is 0.267 e. The largest absolute Gasteiger partial charge is 0.477 e. The lowest BCUT2D eigenvalue weighted by Gasteiger charge is -2.31. The SMILES string of the molecule is Cc1cc(N)c2c(c1)N(C)C(=O)[C@H](C)O2. The highest BCUT2D eigenvalue weighted by Crippen LogP contribution is 2.38. The highest BCUT2D eigenvalue weighted by Gasteiger charge is 2.30. The number of hydrogen-bond donors (Lipinski definition) is 1. The Morgan fingerprint density at radius 2 is 2.13 bits per heavy atom. The normalized spacial score (nSPS) is 19.8. The number of amides is 1. The standard InChI is InChI=1S/C11H14N2O2/c1-6-4-8(12)10-9(5-6)13(3)11(14)7(2)15-10/h4-5,7H,12H2,1-3H3/t7-/m0/s1. The lowest BCUT2D eigenvalue weighted by Crippen LogP contribution is -2.42. The molecule has 15 heavy (non-hydrogen) atoms. The number of nitrogens with zero attached hydrogens (tertiary/aromatic N) is 1. The fourth-order valence-corrected chi connectivity index (χ4v) is 1.78. The van der Waals surface area contributed by atoms with Crippen LogP contribution in [0, 0.1) is 6.92 Å². The number of carbonyl (C=O) groups is 1. The van der Waals surface area contributed by atoms with Crippen molar-refractivity contribution in [1.82, 2.24) is 0 Å². The van der Waals surface area contributed by atoms with Gasteiger partial charge < -0.3 is 15.4 Å². The molecule has 0 unspecified atom stereocenters. The van der Waals surface area contributed by atoms with E-state index in [4.69, 9.17) is 10.5 Å². The molecule has 0 spiro atoms. The molecule has 0 aromatic heterocycles. The van der Waals surface area contributed by atoms with Gasteiger partial charge >= 0.3 is 0 Å². The van der Waals surface area contributed by atoms with Gasteiger partial charge in [0, 0.05) is 7.05 Å². The van der Waals surface area contributed by atoms with Gasteiger partial charge in [-0.25, -0.2) is 0 Å². The van der Waals surface area contributed by atoms with E-state index in [-0.39, 0.29) is 5.91 Å². The fraction of sp³-hybridized carbons (Fsp3) is 0.364. The second-order valence-corrected chi connectivity index (χ2v) is 3.86. The van der Waals surface area contributed by atoms with E-state index < -0.39 is 6.10 Å². The van der Waals surface area contributed by atoms with Crippen LogP contribution in [0.15, 0.2) is 12.1 Å². The number of ether oxygens (including phenoxy) is 1. The molecule has 2 N–H and O–H groups in total. The first-order chi connectivity index (χ1) is 7.00. The molecule has 1 heterocycles. The van der Waals surface area contributed by atoms with Crippen molar-refractivity contribution in [2.45, 2.75) is 20.0 Å². The molecule has 4 heteroatoms. The second-order valence-electron chi connectivity index (χ2n) is 3.86. The molecule has 1 aromatic rings. The molecular formula is C11H14N2O2. The molecule has 0 saturated carbocycles. The van der Waals surface area contributed by atoms with Gasteiger partial charge in [-0.1, -0.05) is 0 Å². The highest BCUT2D eigenvalue weighted by molar-refractivity contribution is 6.00. The van der Waals surface area contributed by atoms with E-state index in [0.717, 1.165) is 11.3 Å². The molecule has 0 bridgehead atoms. The third-order valence-corrected chi connectivity index (χ3v) is 2.58. The zero-order valence-corrected chi connectivity index (χ0v) is 9.07. The van der Waals surface area contributed by atoms with Gasteiger partial charge in [-0.15, -0.1) is 0 Å². The summed E-state index contributed by atoms with van der Waals surface area (Å²) in [5.74, 6) is 0.558. The maximum atomic E-state index is 11.7. The van der Waals surface area contributed by atoms with Gasteiger partial charge in [0.05, 0.1) is 11.4 Å². The molecular weight excluding hydrogens is 192 g/mol. The van der Waals surface area contributed by atoms with Crippen LogP contribution in [0.25, 0.3) is 0 Å². The minimum atomic E-state index is -0.465. The monoisotopic (exact) mass is 206 g/mol. The maximum absolute atomic E-state index is 11.7. The predicted octanol–water partition coefficient (Wildman–Crippen LogP) is 1.32. The summed E-state index contributed by atoms with van der Waals surface area (Å²) < 4.78 is 5.48. The van der Waals surface area contributed by atoms with Crippen LogP contribution < -0.4 is 15.4 Å². The average molecular weight is 206 g/mol. The van der Waals surface area contributed by atoms with Crippen LogP contribution in [0.1, 0.15) is 12.5 Å². The second kappa shape index (κ2) is 3.15. The topological polar surface area (TPSA) is 55.6 Å². The van der Waals surface area contributed by atoms with Crippen LogP contribution in [-0.2, 0) is 4.79 Å². The molecule has 1 aliphatic heterocycles. The van der Waals surface area contributed by atoms with Crippen LogP contribution in [0.3, 0.4) is 0 Å². The molecule has 0 aliphatic carbocycles. The van der Waals surface area contributed by atoms with Crippen molar-refractivity contribution >= 4 is 17.3 Å². The molecule has 0 radical (unpaired) electrons. The Morgan fingerprint density at radius 3 is 2.80 bits per heavy atom. The Labute approximate surface area is 88.6 Å². The molecule has 4 nitrogen and oxygen atoms in total. The van der Waals surface area contributed by atoms with Gasteiger partial charge in [0.2, 0.25) is 0 Å². The first-order valence-electron chi connectivity index (χ1n) is 4.85. The fourth-order valence-electron chi connectivity index (χ4n) is 1.78. The van der Waals surface area contributed by atoms with Crippen LogP contribution in [0.2, 0.25) is 0 Å². The summed E-state index contributed by atoms with van der Waals surface area (Å²) in [5.41, 5.74) is 8.19. The van der Waals surface area contributed by atoms with E-state index in [0.29, 0.717) is 11.4 Å². The lowest BCUT2D eigenvalue weighted by molar-refractivity contribution is -0.125. The van der Waals surface area contributed by atoms with Gasteiger partial charge in [-0.2, -0.15) is 0 Å². The van der Waals surface area contributed by atoms with E-state index in [2.05, 4.69) is 0 Å². The van der Waals surface area contributed by atoms with Crippen molar-refractivity contribution in [2.75, 3.05) is 17.7 Å². The van der Waals surface area contributed by atoms with E-state index in [1.165, 1.54) is 0 Å². The number of benzene rings is 1. The number of rotatable bonds is 0. The third-order valence-electron chi connectivity index (χ3n) is 2.58. The van der Waals surface area contributed by atoms with Crippen LogP contribution in [0.5, 0.6) is 5.75 Å². The van der Waals surface area contributed by atoms with Crippen molar-refractivity contribution < 1.29 is 9.53 Å². The van der Waals surface area contributed by atoms with Crippen LogP contribution >= 0.6 is 0 Å². The van der Waals surface area contributed by atoms with Gasteiger partial charge in [0.1, 0.15) is 0 Å². The molecule has 2 rings (SSSR count). The number of anilines is 2. The Kier molecular flexibility index (Phi) is 2.07. The zero-order valence-electron chi connectivity index (χ0n) is 9.07. The van der Waals surface area contributed by atoms with Crippen molar-refractivity contribution in [3.8, 4) is 5.75 Å². The van der Waals surface area contributed by atoms with Crippen LogP contribution in [-0.4, -0.2) is 19.1 Å². The first kappa shape index (κ1) is 9.83. The van der Waals surface area contributed by atoms with E-state index >= 15 is 0 Å². The number of fused-ring (bicyclic) bond motifs is 1. The number of likely N-dealkylation sites (N-methyl/N-ethyl adjacent to an activating group) is 1. The van der Waals surface area contributed by atoms with Crippen molar-refractivity contribution in [1.29, 1.82) is 0 Å². The minimum Gasteiger partial charge on any atom is -0.477 e. The Balaban J connectivity index is 2.60. The molecule has 1 atom stereocenters. The summed E-state index contributed by atoms with van der Waals surface area (Å²) in [7, 11) is 1.74. The number of nitrogen functional groups attached to an aromatic ring is 1. The molecule has 1 aliphatic rings. The summed E-state index contributed by atoms with van der Waals surface area (Å²) in [6.45, 7) is 3.66. The molecule has 0 saturated heterocycles. The third kappa shape index (κ3) is 1.42. The van der Waals surface area contributed by atoms with Gasteiger partial charge in [-0.3, -0.25) is 4.79 Å². The lowest BCUT2D eigenvalue weighted by atomic mass is 10.1. The van der Waals surface area contributed by atoms with Crippen LogP contribution in [0.4, 0.5) is 11.4 Å². The zero-order chi connectivity index (χ0) is 11.2. The van der Waals surface area contributed by atoms with E-state index in [9.17, 15) is 4.79 Å². The summed E-state index contributed by atoms with van der Waals surface area (Å²) >= 11 is 0. The summed E-state index contributed by atoms with van der Waals surface area (Å²) in [4.78, 5) is 13.3. The van der Waals surface area contributed by atoms with Gasteiger partial charge in [-0.05, 0) is 31.5 Å². The van der Waals surface area contributed by atoms with Crippen molar-refractivity contribution in [3.63, 3.8) is 0 Å². The number of hydrogen-bond acceptors (Lipinski definition) is 3.